The van der Waals surface area contributed by atoms with Gasteiger partial charge in [0.15, 0.2) is 15.6 Å². The zero-order valence-electron chi connectivity index (χ0n) is 20.5. The van der Waals surface area contributed by atoms with Crippen molar-refractivity contribution in [1.82, 2.24) is 9.78 Å². The maximum atomic E-state index is 13.4. The Morgan fingerprint density at radius 3 is 2.53 bits per heavy atom. The second kappa shape index (κ2) is 7.62. The largest absolute Gasteiger partial charge is 0.387 e. The van der Waals surface area contributed by atoms with Gasteiger partial charge in [-0.1, -0.05) is 6.92 Å². The number of rotatable bonds is 5. The Balaban J connectivity index is 1.17. The van der Waals surface area contributed by atoms with Crippen molar-refractivity contribution in [1.29, 1.82) is 0 Å². The molecule has 34 heavy (non-hydrogen) atoms. The molecule has 0 radical (unpaired) electrons. The van der Waals surface area contributed by atoms with E-state index >= 15 is 0 Å². The summed E-state index contributed by atoms with van der Waals surface area (Å²) >= 11 is 0. The van der Waals surface area contributed by atoms with E-state index in [0.717, 1.165) is 44.3 Å². The van der Waals surface area contributed by atoms with Gasteiger partial charge >= 0.3 is 0 Å². The van der Waals surface area contributed by atoms with Gasteiger partial charge in [-0.15, -0.1) is 0 Å². The summed E-state index contributed by atoms with van der Waals surface area (Å²) in [6.45, 7) is 2.50. The van der Waals surface area contributed by atoms with Crippen molar-refractivity contribution >= 4 is 15.6 Å². The molecule has 8 heteroatoms. The van der Waals surface area contributed by atoms with Gasteiger partial charge in [0.1, 0.15) is 4.90 Å². The summed E-state index contributed by atoms with van der Waals surface area (Å²) in [5.41, 5.74) is -0.539. The molecule has 2 unspecified atom stereocenters. The summed E-state index contributed by atoms with van der Waals surface area (Å²) in [7, 11) is -1.57. The monoisotopic (exact) mass is 490 g/mol. The molecule has 5 saturated carbocycles. The predicted octanol–water partition coefficient (Wildman–Crippen LogP) is 3.11. The third-order valence-corrected chi connectivity index (χ3v) is 12.1. The second-order valence-electron chi connectivity index (χ2n) is 12.3. The van der Waals surface area contributed by atoms with Crippen LogP contribution in [0.5, 0.6) is 0 Å². The van der Waals surface area contributed by atoms with Crippen LogP contribution in [0.3, 0.4) is 0 Å². The predicted molar refractivity (Wildman–Crippen MR) is 126 cm³/mol. The third kappa shape index (κ3) is 3.23. The third-order valence-electron chi connectivity index (χ3n) is 11.1. The van der Waals surface area contributed by atoms with Crippen molar-refractivity contribution < 1.29 is 23.1 Å². The highest BCUT2D eigenvalue weighted by molar-refractivity contribution is 7.90. The van der Waals surface area contributed by atoms with E-state index in [2.05, 4.69) is 12.0 Å². The second-order valence-corrected chi connectivity index (χ2v) is 14.4. The Morgan fingerprint density at radius 1 is 1.12 bits per heavy atom. The molecule has 5 fully saturated rings. The lowest BCUT2D eigenvalue weighted by Crippen LogP contribution is -2.50. The lowest BCUT2D eigenvalue weighted by Gasteiger charge is -2.55. The van der Waals surface area contributed by atoms with Crippen LogP contribution in [0, 0.1) is 46.8 Å². The van der Waals surface area contributed by atoms with E-state index < -0.39 is 15.4 Å². The molecule has 0 aromatic carbocycles. The number of fused-ring (bicyclic) bond motifs is 7. The Kier molecular flexibility index (Phi) is 5.20. The normalized spacial score (nSPS) is 47.3. The summed E-state index contributed by atoms with van der Waals surface area (Å²) < 4.78 is 30.7. The van der Waals surface area contributed by atoms with Crippen LogP contribution in [0.4, 0.5) is 0 Å². The number of aliphatic hydroxyl groups is 1. The quantitative estimate of drug-likeness (QED) is 0.681. The zero-order chi connectivity index (χ0) is 24.0. The van der Waals surface area contributed by atoms with Crippen LogP contribution in [-0.2, 0) is 25.9 Å². The minimum absolute atomic E-state index is 0.0276. The van der Waals surface area contributed by atoms with Gasteiger partial charge in [-0.3, -0.25) is 9.48 Å². The molecule has 0 bridgehead atoms. The SMILES string of the molecule is COC1C2[C@@H]3CC[C@@H]4[C@H](CC[C@]5(C)[C@@H](C(=O)Cn6cc(S(C)(=O)=O)cn6)CC[C@@H]45)[C@H]3CC[C@]12O. The van der Waals surface area contributed by atoms with Crippen LogP contribution >= 0.6 is 0 Å². The number of ketones is 1. The topological polar surface area (TPSA) is 98.5 Å². The van der Waals surface area contributed by atoms with Crippen LogP contribution in [0.2, 0.25) is 0 Å². The number of hydrogen-bond acceptors (Lipinski definition) is 6. The first-order chi connectivity index (χ1) is 16.1. The van der Waals surface area contributed by atoms with Gasteiger partial charge in [0, 0.05) is 31.4 Å². The molecule has 7 nitrogen and oxygen atoms in total. The van der Waals surface area contributed by atoms with Gasteiger partial charge in [-0.25, -0.2) is 8.42 Å². The maximum Gasteiger partial charge on any atom is 0.178 e. The smallest absolute Gasteiger partial charge is 0.178 e. The maximum absolute atomic E-state index is 13.4. The molecule has 10 atom stereocenters. The Bertz CT molecular complexity index is 1100. The summed E-state index contributed by atoms with van der Waals surface area (Å²) in [5.74, 6) is 3.84. The molecular weight excluding hydrogens is 452 g/mol. The number of carbonyl (C=O) groups is 1. The first-order valence-electron chi connectivity index (χ1n) is 13.1. The number of hydrogen-bond donors (Lipinski definition) is 1. The minimum atomic E-state index is -3.32. The first-order valence-corrected chi connectivity index (χ1v) is 15.0. The van der Waals surface area contributed by atoms with Crippen molar-refractivity contribution in [3.8, 4) is 0 Å². The molecule has 1 N–H and O–H groups in total. The Hall–Kier alpha value is -1.25. The number of nitrogens with zero attached hydrogens (tertiary/aromatic N) is 2. The van der Waals surface area contributed by atoms with Gasteiger partial charge in [-0.05, 0) is 86.4 Å². The lowest BCUT2D eigenvalue weighted by atomic mass is 9.49. The van der Waals surface area contributed by atoms with Gasteiger partial charge in [-0.2, -0.15) is 5.10 Å². The fourth-order valence-electron chi connectivity index (χ4n) is 9.55. The van der Waals surface area contributed by atoms with Crippen molar-refractivity contribution in [2.24, 2.45) is 46.8 Å². The number of sulfone groups is 1. The molecule has 1 heterocycles. The fraction of sp³-hybridized carbons (Fsp3) is 0.846. The standard InChI is InChI=1S/C26H38N2O5S/c1-25-10-8-16-17-9-11-26(30)23(24(26)33-2)19(17)5-4-18(16)20(25)6-7-21(25)22(29)14-28-13-15(12-27-28)34(3,31)32/h12-13,16-21,23-24,30H,4-11,14H2,1-3H3/t16-,17-,18-,19-,20+,21-,23?,24?,25+,26-/m1/s1. The van der Waals surface area contributed by atoms with E-state index in [9.17, 15) is 18.3 Å². The van der Waals surface area contributed by atoms with E-state index in [1.165, 1.54) is 36.3 Å². The van der Waals surface area contributed by atoms with E-state index in [0.29, 0.717) is 29.6 Å². The summed E-state index contributed by atoms with van der Waals surface area (Å²) in [4.78, 5) is 13.6. The van der Waals surface area contributed by atoms with Crippen molar-refractivity contribution in [3.05, 3.63) is 12.4 Å². The number of carbonyl (C=O) groups excluding carboxylic acids is 1. The minimum Gasteiger partial charge on any atom is -0.387 e. The highest BCUT2D eigenvalue weighted by Gasteiger charge is 2.72. The van der Waals surface area contributed by atoms with Gasteiger partial charge in [0.25, 0.3) is 0 Å². The van der Waals surface area contributed by atoms with Crippen LogP contribution < -0.4 is 0 Å². The molecule has 0 saturated heterocycles. The van der Waals surface area contributed by atoms with E-state index in [1.54, 1.807) is 7.11 Å². The Labute approximate surface area is 202 Å². The van der Waals surface area contributed by atoms with E-state index in [-0.39, 0.29) is 34.7 Å². The summed E-state index contributed by atoms with van der Waals surface area (Å²) in [5, 5.41) is 15.1. The molecule has 188 valence electrons. The molecule has 5 aliphatic carbocycles. The molecule has 6 rings (SSSR count). The number of aromatic nitrogens is 2. The highest BCUT2D eigenvalue weighted by atomic mass is 32.2. The van der Waals surface area contributed by atoms with E-state index in [4.69, 9.17) is 4.74 Å². The van der Waals surface area contributed by atoms with Gasteiger partial charge < -0.3 is 9.84 Å². The van der Waals surface area contributed by atoms with Crippen LogP contribution in [0.15, 0.2) is 17.3 Å². The highest BCUT2D eigenvalue weighted by Crippen LogP contribution is 2.69. The number of Topliss-reactive ketones (excluding diaryl/α,β-unsaturated/α-hetero) is 1. The average Bonchev–Trinajstić information content (AvgIpc) is 3.06. The molecular formula is C26H38N2O5S. The summed E-state index contributed by atoms with van der Waals surface area (Å²) in [6.07, 6.45) is 12.7. The van der Waals surface area contributed by atoms with E-state index in [1.807, 2.05) is 0 Å². The molecule has 0 amide bonds. The molecule has 1 aromatic heterocycles. The van der Waals surface area contributed by atoms with Crippen molar-refractivity contribution in [2.75, 3.05) is 13.4 Å². The lowest BCUT2D eigenvalue weighted by molar-refractivity contribution is -0.131. The average molecular weight is 491 g/mol. The van der Waals surface area contributed by atoms with Gasteiger partial charge in [0.2, 0.25) is 0 Å². The fourth-order valence-corrected chi connectivity index (χ4v) is 10.1. The summed E-state index contributed by atoms with van der Waals surface area (Å²) in [6, 6.07) is 0. The van der Waals surface area contributed by atoms with Crippen molar-refractivity contribution in [3.63, 3.8) is 0 Å². The number of ether oxygens (including phenoxy) is 1. The van der Waals surface area contributed by atoms with Crippen LogP contribution in [0.1, 0.15) is 58.3 Å². The Morgan fingerprint density at radius 2 is 1.82 bits per heavy atom. The molecule has 1 aromatic rings. The van der Waals surface area contributed by atoms with Crippen LogP contribution in [0.25, 0.3) is 0 Å². The van der Waals surface area contributed by atoms with Crippen LogP contribution in [-0.4, -0.2) is 54.2 Å². The molecule has 5 aliphatic rings. The van der Waals surface area contributed by atoms with Gasteiger partial charge in [0.05, 0.1) is 24.4 Å². The first kappa shape index (κ1) is 23.2. The number of methoxy groups -OCH3 is 1. The molecule has 0 aliphatic heterocycles. The van der Waals surface area contributed by atoms with Crippen molar-refractivity contribution in [2.45, 2.75) is 81.4 Å². The zero-order valence-corrected chi connectivity index (χ0v) is 21.3. The molecule has 0 spiro atoms.